The van der Waals surface area contributed by atoms with Gasteiger partial charge in [0.15, 0.2) is 0 Å². The highest BCUT2D eigenvalue weighted by Gasteiger charge is 2.41. The number of sulfonamides is 1. The van der Waals surface area contributed by atoms with Crippen LogP contribution in [0.4, 0.5) is 0 Å². The van der Waals surface area contributed by atoms with Crippen LogP contribution in [-0.4, -0.2) is 69.0 Å². The molecule has 2 saturated heterocycles. The van der Waals surface area contributed by atoms with Crippen LogP contribution in [0.1, 0.15) is 19.8 Å². The molecule has 2 aliphatic heterocycles. The van der Waals surface area contributed by atoms with E-state index in [-0.39, 0.29) is 10.8 Å². The van der Waals surface area contributed by atoms with Crippen molar-refractivity contribution in [3.8, 4) is 17.2 Å². The molecule has 0 aliphatic carbocycles. The zero-order chi connectivity index (χ0) is 22.6. The normalized spacial score (nSPS) is 19.7. The lowest BCUT2D eigenvalue weighted by atomic mass is 10.2. The standard InChI is InChI=1S/C23H28N2O6S/c1-2-30-18-5-7-19(8-6-18)31-20-9-11-21(12-10-20)32(27,28)25-13-3-4-22(25)23(26)24-14-16-29-17-15-24/h5-12,22H,2-4,13-17H2,1H3. The van der Waals surface area contributed by atoms with Gasteiger partial charge in [0.2, 0.25) is 15.9 Å². The van der Waals surface area contributed by atoms with Gasteiger partial charge >= 0.3 is 0 Å². The quantitative estimate of drug-likeness (QED) is 0.632. The summed E-state index contributed by atoms with van der Waals surface area (Å²) in [5.41, 5.74) is 0. The van der Waals surface area contributed by atoms with E-state index in [1.54, 1.807) is 29.2 Å². The van der Waals surface area contributed by atoms with E-state index in [4.69, 9.17) is 14.2 Å². The van der Waals surface area contributed by atoms with Gasteiger partial charge in [-0.05, 0) is 68.3 Å². The van der Waals surface area contributed by atoms with Gasteiger partial charge in [-0.25, -0.2) is 8.42 Å². The van der Waals surface area contributed by atoms with Crippen molar-refractivity contribution < 1.29 is 27.4 Å². The summed E-state index contributed by atoms with van der Waals surface area (Å²) in [5, 5.41) is 0. The fraction of sp³-hybridized carbons (Fsp3) is 0.435. The van der Waals surface area contributed by atoms with Crippen LogP contribution in [0, 0.1) is 0 Å². The maximum atomic E-state index is 13.3. The molecule has 32 heavy (non-hydrogen) atoms. The van der Waals surface area contributed by atoms with Gasteiger partial charge in [-0.3, -0.25) is 4.79 Å². The first-order valence-corrected chi connectivity index (χ1v) is 12.3. The molecule has 1 unspecified atom stereocenters. The van der Waals surface area contributed by atoms with Gasteiger partial charge in [0.25, 0.3) is 0 Å². The first kappa shape index (κ1) is 22.6. The molecule has 0 bridgehead atoms. The maximum Gasteiger partial charge on any atom is 0.243 e. The second-order valence-corrected chi connectivity index (χ2v) is 9.58. The summed E-state index contributed by atoms with van der Waals surface area (Å²) in [6, 6.07) is 12.9. The van der Waals surface area contributed by atoms with E-state index in [0.29, 0.717) is 63.8 Å². The second-order valence-electron chi connectivity index (χ2n) is 7.69. The molecule has 0 aromatic heterocycles. The highest BCUT2D eigenvalue weighted by molar-refractivity contribution is 7.89. The predicted octanol–water partition coefficient (Wildman–Crippen LogP) is 2.89. The van der Waals surface area contributed by atoms with Crippen LogP contribution in [0.25, 0.3) is 0 Å². The molecule has 9 heteroatoms. The Labute approximate surface area is 188 Å². The molecule has 2 fully saturated rings. The zero-order valence-corrected chi connectivity index (χ0v) is 18.9. The Hall–Kier alpha value is -2.62. The molecule has 2 aromatic rings. The molecule has 2 heterocycles. The summed E-state index contributed by atoms with van der Waals surface area (Å²) in [5.74, 6) is 1.77. The molecule has 1 atom stereocenters. The van der Waals surface area contributed by atoms with E-state index in [2.05, 4.69) is 0 Å². The van der Waals surface area contributed by atoms with E-state index in [1.807, 2.05) is 19.1 Å². The van der Waals surface area contributed by atoms with Gasteiger partial charge < -0.3 is 19.1 Å². The van der Waals surface area contributed by atoms with Crippen LogP contribution >= 0.6 is 0 Å². The number of carbonyl (C=O) groups excluding carboxylic acids is 1. The SMILES string of the molecule is CCOc1ccc(Oc2ccc(S(=O)(=O)N3CCCC3C(=O)N3CCOCC3)cc2)cc1. The predicted molar refractivity (Wildman–Crippen MR) is 118 cm³/mol. The molecular weight excluding hydrogens is 432 g/mol. The number of amides is 1. The lowest BCUT2D eigenvalue weighted by molar-refractivity contribution is -0.138. The second kappa shape index (κ2) is 9.89. The third-order valence-corrected chi connectivity index (χ3v) is 7.53. The first-order chi connectivity index (χ1) is 15.5. The third kappa shape index (κ3) is 4.90. The molecule has 0 N–H and O–H groups in total. The molecule has 0 radical (unpaired) electrons. The molecule has 2 aromatic carbocycles. The van der Waals surface area contributed by atoms with E-state index in [9.17, 15) is 13.2 Å². The van der Waals surface area contributed by atoms with Gasteiger partial charge in [-0.2, -0.15) is 4.31 Å². The fourth-order valence-corrected chi connectivity index (χ4v) is 5.64. The molecule has 0 spiro atoms. The largest absolute Gasteiger partial charge is 0.494 e. The summed E-state index contributed by atoms with van der Waals surface area (Å²) in [7, 11) is -3.79. The number of rotatable bonds is 7. The van der Waals surface area contributed by atoms with Crippen LogP contribution in [0.15, 0.2) is 53.4 Å². The van der Waals surface area contributed by atoms with Crippen molar-refractivity contribution in [3.63, 3.8) is 0 Å². The van der Waals surface area contributed by atoms with Crippen LogP contribution < -0.4 is 9.47 Å². The highest BCUT2D eigenvalue weighted by Crippen LogP contribution is 2.30. The van der Waals surface area contributed by atoms with Crippen molar-refractivity contribution >= 4 is 15.9 Å². The number of nitrogens with zero attached hydrogens (tertiary/aromatic N) is 2. The van der Waals surface area contributed by atoms with Crippen molar-refractivity contribution in [1.82, 2.24) is 9.21 Å². The number of morpholine rings is 1. The van der Waals surface area contributed by atoms with Gasteiger partial charge in [0.05, 0.1) is 24.7 Å². The van der Waals surface area contributed by atoms with Crippen molar-refractivity contribution in [1.29, 1.82) is 0 Å². The molecule has 2 aliphatic rings. The summed E-state index contributed by atoms with van der Waals surface area (Å²) in [6.07, 6.45) is 1.20. The Balaban J connectivity index is 1.45. The molecule has 8 nitrogen and oxygen atoms in total. The number of hydrogen-bond acceptors (Lipinski definition) is 6. The average Bonchev–Trinajstić information content (AvgIpc) is 3.32. The van der Waals surface area contributed by atoms with Gasteiger partial charge in [0, 0.05) is 19.6 Å². The Morgan fingerprint density at radius 3 is 2.19 bits per heavy atom. The highest BCUT2D eigenvalue weighted by atomic mass is 32.2. The van der Waals surface area contributed by atoms with Gasteiger partial charge in [0.1, 0.15) is 23.3 Å². The smallest absolute Gasteiger partial charge is 0.243 e. The topological polar surface area (TPSA) is 85.4 Å². The first-order valence-electron chi connectivity index (χ1n) is 10.9. The molecule has 0 saturated carbocycles. The maximum absolute atomic E-state index is 13.3. The van der Waals surface area contributed by atoms with E-state index >= 15 is 0 Å². The van der Waals surface area contributed by atoms with Crippen molar-refractivity contribution in [2.24, 2.45) is 0 Å². The monoisotopic (exact) mass is 460 g/mol. The number of hydrogen-bond donors (Lipinski definition) is 0. The van der Waals surface area contributed by atoms with E-state index < -0.39 is 16.1 Å². The van der Waals surface area contributed by atoms with E-state index in [1.165, 1.54) is 16.4 Å². The minimum Gasteiger partial charge on any atom is -0.494 e. The summed E-state index contributed by atoms with van der Waals surface area (Å²) in [6.45, 7) is 4.83. The van der Waals surface area contributed by atoms with Crippen LogP contribution in [0.3, 0.4) is 0 Å². The van der Waals surface area contributed by atoms with Crippen LogP contribution in [0.2, 0.25) is 0 Å². The van der Waals surface area contributed by atoms with Gasteiger partial charge in [-0.15, -0.1) is 0 Å². The number of benzene rings is 2. The minimum atomic E-state index is -3.79. The summed E-state index contributed by atoms with van der Waals surface area (Å²) < 4.78 is 44.4. The minimum absolute atomic E-state index is 0.134. The lowest BCUT2D eigenvalue weighted by Crippen LogP contribution is -2.50. The van der Waals surface area contributed by atoms with E-state index in [0.717, 1.165) is 5.75 Å². The molecule has 1 amide bonds. The summed E-state index contributed by atoms with van der Waals surface area (Å²) >= 11 is 0. The zero-order valence-electron chi connectivity index (χ0n) is 18.1. The number of ether oxygens (including phenoxy) is 3. The number of carbonyl (C=O) groups is 1. The third-order valence-electron chi connectivity index (χ3n) is 5.61. The molecule has 4 rings (SSSR count). The molecular formula is C23H28N2O6S. The summed E-state index contributed by atoms with van der Waals surface area (Å²) in [4.78, 5) is 14.8. The van der Waals surface area contributed by atoms with Crippen LogP contribution in [0.5, 0.6) is 17.2 Å². The Kier molecular flexibility index (Phi) is 6.98. The fourth-order valence-electron chi connectivity index (χ4n) is 3.99. The average molecular weight is 461 g/mol. The molecule has 172 valence electrons. The van der Waals surface area contributed by atoms with Crippen molar-refractivity contribution in [3.05, 3.63) is 48.5 Å². The van der Waals surface area contributed by atoms with Gasteiger partial charge in [-0.1, -0.05) is 0 Å². The Bertz CT molecular complexity index is 1020. The lowest BCUT2D eigenvalue weighted by Gasteiger charge is -2.32. The Morgan fingerprint density at radius 2 is 1.56 bits per heavy atom. The van der Waals surface area contributed by atoms with Crippen LogP contribution in [-0.2, 0) is 19.6 Å². The Morgan fingerprint density at radius 1 is 0.969 bits per heavy atom. The van der Waals surface area contributed by atoms with Crippen molar-refractivity contribution in [2.75, 3.05) is 39.5 Å². The van der Waals surface area contributed by atoms with Crippen molar-refractivity contribution in [2.45, 2.75) is 30.7 Å².